The Morgan fingerprint density at radius 3 is 2.91 bits per heavy atom. The van der Waals surface area contributed by atoms with Crippen LogP contribution in [0, 0.1) is 5.82 Å². The fourth-order valence-electron chi connectivity index (χ4n) is 1.93. The third-order valence-corrected chi connectivity index (χ3v) is 3.09. The van der Waals surface area contributed by atoms with Gasteiger partial charge in [0.2, 0.25) is 5.82 Å². The van der Waals surface area contributed by atoms with Gasteiger partial charge in [-0.15, -0.1) is 0 Å². The molecule has 22 heavy (non-hydrogen) atoms. The summed E-state index contributed by atoms with van der Waals surface area (Å²) in [6, 6.07) is 0. The number of anilines is 2. The second kappa shape index (κ2) is 5.70. The number of hydrogen-bond acceptors (Lipinski definition) is 7. The molecule has 0 radical (unpaired) electrons. The molecule has 0 aliphatic rings. The largest absolute Gasteiger partial charge is 0.381 e. The third-order valence-electron chi connectivity index (χ3n) is 2.91. The van der Waals surface area contributed by atoms with Crippen molar-refractivity contribution in [3.05, 3.63) is 23.4 Å². The van der Waals surface area contributed by atoms with Gasteiger partial charge in [-0.2, -0.15) is 4.39 Å². The van der Waals surface area contributed by atoms with Crippen LogP contribution in [0.15, 0.2) is 12.4 Å². The third kappa shape index (κ3) is 2.51. The number of H-pyrrole nitrogens is 1. The number of fused-ring (bicyclic) bond motifs is 1. The standard InChI is InChI=1S/C12H12ClFN8/c13-6-4-19-12-8(20-6)5(3-18-12)10-21-9(16)7(14)11(22-10)17-2-1-15/h3-4H,1-2,15H2,(H,18,19)(H3,16,17,21,22). The van der Waals surface area contributed by atoms with E-state index in [1.54, 1.807) is 6.20 Å². The highest BCUT2D eigenvalue weighted by Crippen LogP contribution is 2.27. The normalized spacial score (nSPS) is 11.0. The molecule has 8 nitrogen and oxygen atoms in total. The summed E-state index contributed by atoms with van der Waals surface area (Å²) < 4.78 is 13.9. The highest BCUT2D eigenvalue weighted by molar-refractivity contribution is 6.29. The smallest absolute Gasteiger partial charge is 0.207 e. The molecular formula is C12H12ClFN8. The Kier molecular flexibility index (Phi) is 3.73. The highest BCUT2D eigenvalue weighted by atomic mass is 35.5. The van der Waals surface area contributed by atoms with Crippen LogP contribution in [0.2, 0.25) is 5.15 Å². The molecule has 0 aromatic carbocycles. The van der Waals surface area contributed by atoms with Gasteiger partial charge in [0.1, 0.15) is 10.7 Å². The molecule has 6 N–H and O–H groups in total. The lowest BCUT2D eigenvalue weighted by atomic mass is 10.2. The Labute approximate surface area is 129 Å². The first kappa shape index (κ1) is 14.4. The SMILES string of the molecule is NCCNc1nc(-c2c[nH]c3ncc(Cl)nc23)nc(N)c1F. The van der Waals surface area contributed by atoms with Gasteiger partial charge < -0.3 is 21.8 Å². The molecule has 114 valence electrons. The van der Waals surface area contributed by atoms with Crippen LogP contribution in [0.5, 0.6) is 0 Å². The van der Waals surface area contributed by atoms with Gasteiger partial charge in [0.05, 0.1) is 11.8 Å². The summed E-state index contributed by atoms with van der Waals surface area (Å²) in [6.45, 7) is 0.680. The van der Waals surface area contributed by atoms with Crippen molar-refractivity contribution in [3.63, 3.8) is 0 Å². The molecule has 0 aliphatic carbocycles. The second-order valence-electron chi connectivity index (χ2n) is 4.40. The Hall–Kier alpha value is -2.52. The van der Waals surface area contributed by atoms with Gasteiger partial charge in [0.25, 0.3) is 0 Å². The minimum absolute atomic E-state index is 0.0164. The van der Waals surface area contributed by atoms with Crippen LogP contribution in [-0.2, 0) is 0 Å². The van der Waals surface area contributed by atoms with Crippen LogP contribution in [0.1, 0.15) is 0 Å². The molecular weight excluding hydrogens is 311 g/mol. The van der Waals surface area contributed by atoms with Crippen LogP contribution in [0.3, 0.4) is 0 Å². The van der Waals surface area contributed by atoms with Crippen molar-refractivity contribution >= 4 is 34.4 Å². The lowest BCUT2D eigenvalue weighted by Crippen LogP contribution is -2.16. The van der Waals surface area contributed by atoms with Gasteiger partial charge in [0, 0.05) is 19.3 Å². The zero-order valence-corrected chi connectivity index (χ0v) is 12.0. The minimum Gasteiger partial charge on any atom is -0.381 e. The van der Waals surface area contributed by atoms with Crippen LogP contribution in [-0.4, -0.2) is 38.0 Å². The molecule has 0 aliphatic heterocycles. The van der Waals surface area contributed by atoms with E-state index in [1.165, 1.54) is 6.20 Å². The quantitative estimate of drug-likeness (QED) is 0.566. The van der Waals surface area contributed by atoms with E-state index in [0.717, 1.165) is 0 Å². The molecule has 0 saturated heterocycles. The lowest BCUT2D eigenvalue weighted by molar-refractivity contribution is 0.623. The predicted octanol–water partition coefficient (Wildman–Crippen LogP) is 1.16. The number of nitrogens with two attached hydrogens (primary N) is 2. The van der Waals surface area contributed by atoms with Crippen molar-refractivity contribution in [3.8, 4) is 11.4 Å². The first-order valence-corrected chi connectivity index (χ1v) is 6.75. The molecule has 0 amide bonds. The molecule has 0 fully saturated rings. The molecule has 0 atom stereocenters. The Morgan fingerprint density at radius 1 is 1.32 bits per heavy atom. The average molecular weight is 323 g/mol. The number of rotatable bonds is 4. The second-order valence-corrected chi connectivity index (χ2v) is 4.79. The maximum atomic E-state index is 13.9. The minimum atomic E-state index is -0.721. The molecule has 0 saturated carbocycles. The van der Waals surface area contributed by atoms with E-state index >= 15 is 0 Å². The zero-order valence-electron chi connectivity index (χ0n) is 11.3. The molecule has 0 unspecified atom stereocenters. The lowest BCUT2D eigenvalue weighted by Gasteiger charge is -2.08. The molecule has 3 aromatic heterocycles. The Balaban J connectivity index is 2.13. The summed E-state index contributed by atoms with van der Waals surface area (Å²) in [4.78, 5) is 19.3. The van der Waals surface area contributed by atoms with Gasteiger partial charge in [-0.1, -0.05) is 11.6 Å². The first-order valence-electron chi connectivity index (χ1n) is 6.37. The summed E-state index contributed by atoms with van der Waals surface area (Å²) >= 11 is 5.85. The van der Waals surface area contributed by atoms with Crippen LogP contribution in [0.25, 0.3) is 22.6 Å². The number of nitrogen functional groups attached to an aromatic ring is 1. The molecule has 0 bridgehead atoms. The summed E-state index contributed by atoms with van der Waals surface area (Å²) in [5, 5.41) is 2.99. The summed E-state index contributed by atoms with van der Waals surface area (Å²) in [5.74, 6) is -0.798. The van der Waals surface area contributed by atoms with Gasteiger partial charge >= 0.3 is 0 Å². The number of aromatic nitrogens is 5. The average Bonchev–Trinajstić information content (AvgIpc) is 2.91. The summed E-state index contributed by atoms with van der Waals surface area (Å²) in [5.41, 5.74) is 12.5. The molecule has 10 heteroatoms. The van der Waals surface area contributed by atoms with E-state index in [9.17, 15) is 4.39 Å². The van der Waals surface area contributed by atoms with E-state index in [0.29, 0.717) is 29.8 Å². The Morgan fingerprint density at radius 2 is 2.14 bits per heavy atom. The van der Waals surface area contributed by atoms with E-state index in [-0.39, 0.29) is 22.6 Å². The monoisotopic (exact) mass is 322 g/mol. The number of halogens is 2. The molecule has 0 spiro atoms. The van der Waals surface area contributed by atoms with Crippen molar-refractivity contribution < 1.29 is 4.39 Å². The number of nitrogens with one attached hydrogen (secondary N) is 2. The predicted molar refractivity (Wildman–Crippen MR) is 81.8 cm³/mol. The van der Waals surface area contributed by atoms with Crippen molar-refractivity contribution in [1.29, 1.82) is 0 Å². The van der Waals surface area contributed by atoms with Crippen LogP contribution < -0.4 is 16.8 Å². The highest BCUT2D eigenvalue weighted by Gasteiger charge is 2.17. The summed E-state index contributed by atoms with van der Waals surface area (Å²) in [7, 11) is 0. The van der Waals surface area contributed by atoms with E-state index < -0.39 is 5.82 Å². The van der Waals surface area contributed by atoms with Crippen molar-refractivity contribution in [2.45, 2.75) is 0 Å². The fraction of sp³-hybridized carbons (Fsp3) is 0.167. The number of hydrogen-bond donors (Lipinski definition) is 4. The number of nitrogens with zero attached hydrogens (tertiary/aromatic N) is 4. The van der Waals surface area contributed by atoms with Gasteiger partial charge in [0.15, 0.2) is 23.1 Å². The molecule has 3 rings (SSSR count). The van der Waals surface area contributed by atoms with Crippen molar-refractivity contribution in [2.24, 2.45) is 5.73 Å². The van der Waals surface area contributed by atoms with Crippen LogP contribution in [0.4, 0.5) is 16.0 Å². The number of aromatic amines is 1. The van der Waals surface area contributed by atoms with Crippen molar-refractivity contribution in [2.75, 3.05) is 24.1 Å². The van der Waals surface area contributed by atoms with E-state index in [1.807, 2.05) is 0 Å². The topological polar surface area (TPSA) is 131 Å². The first-order chi connectivity index (χ1) is 10.6. The molecule has 3 aromatic rings. The fourth-order valence-corrected chi connectivity index (χ4v) is 2.07. The maximum Gasteiger partial charge on any atom is 0.207 e. The van der Waals surface area contributed by atoms with Crippen molar-refractivity contribution in [1.82, 2.24) is 24.9 Å². The molecule has 3 heterocycles. The zero-order chi connectivity index (χ0) is 15.7. The van der Waals surface area contributed by atoms with Gasteiger partial charge in [-0.05, 0) is 0 Å². The van der Waals surface area contributed by atoms with Gasteiger partial charge in [-0.25, -0.2) is 19.9 Å². The van der Waals surface area contributed by atoms with E-state index in [2.05, 4.69) is 30.2 Å². The Bertz CT molecular complexity index is 833. The van der Waals surface area contributed by atoms with E-state index in [4.69, 9.17) is 23.1 Å². The summed E-state index contributed by atoms with van der Waals surface area (Å²) in [6.07, 6.45) is 3.03. The van der Waals surface area contributed by atoms with Gasteiger partial charge in [-0.3, -0.25) is 0 Å². The maximum absolute atomic E-state index is 13.9. The van der Waals surface area contributed by atoms with Crippen LogP contribution >= 0.6 is 11.6 Å².